The number of rotatable bonds is 6. The summed E-state index contributed by atoms with van der Waals surface area (Å²) >= 11 is 0. The van der Waals surface area contributed by atoms with Crippen LogP contribution in [0, 0.1) is 11.3 Å². The van der Waals surface area contributed by atoms with Crippen molar-refractivity contribution in [1.29, 1.82) is 0 Å². The number of carboxylic acids is 1. The van der Waals surface area contributed by atoms with Gasteiger partial charge in [0.15, 0.2) is 0 Å². The first kappa shape index (κ1) is 24.8. The molecule has 9 nitrogen and oxygen atoms in total. The number of ether oxygens (including phenoxy) is 2. The number of carbonyl (C=O) groups excluding carboxylic acids is 1. The third-order valence-corrected chi connectivity index (χ3v) is 5.59. The van der Waals surface area contributed by atoms with Gasteiger partial charge in [0, 0.05) is 58.2 Å². The van der Waals surface area contributed by atoms with Gasteiger partial charge < -0.3 is 24.4 Å². The Bertz CT molecular complexity index is 727. The fourth-order valence-electron chi connectivity index (χ4n) is 3.97. The Kier molecular flexibility index (Phi) is 8.57. The zero-order valence-electron chi connectivity index (χ0n) is 17.5. The first-order chi connectivity index (χ1) is 14.6. The molecule has 0 aromatic carbocycles. The lowest BCUT2D eigenvalue weighted by Crippen LogP contribution is -2.46. The number of amides is 1. The summed E-state index contributed by atoms with van der Waals surface area (Å²) in [6.07, 6.45) is 0.362. The largest absolute Gasteiger partial charge is 0.490 e. The lowest BCUT2D eigenvalue weighted by Gasteiger charge is -2.41. The Morgan fingerprint density at radius 3 is 2.29 bits per heavy atom. The molecule has 1 aromatic heterocycles. The van der Waals surface area contributed by atoms with Crippen molar-refractivity contribution in [2.75, 3.05) is 58.5 Å². The van der Waals surface area contributed by atoms with E-state index in [2.05, 4.69) is 14.9 Å². The van der Waals surface area contributed by atoms with Gasteiger partial charge in [-0.2, -0.15) is 13.2 Å². The van der Waals surface area contributed by atoms with E-state index in [0.29, 0.717) is 19.8 Å². The minimum atomic E-state index is -5.08. The molecule has 1 unspecified atom stereocenters. The fourth-order valence-corrected chi connectivity index (χ4v) is 3.97. The molecule has 1 N–H and O–H groups in total. The maximum Gasteiger partial charge on any atom is 0.490 e. The lowest BCUT2D eigenvalue weighted by molar-refractivity contribution is -0.192. The highest BCUT2D eigenvalue weighted by molar-refractivity contribution is 5.82. The Balaban J connectivity index is 0.000000423. The van der Waals surface area contributed by atoms with Gasteiger partial charge in [0.2, 0.25) is 11.9 Å². The molecule has 0 aliphatic carbocycles. The monoisotopic (exact) mass is 448 g/mol. The molecule has 3 rings (SSSR count). The molecule has 0 saturated carbocycles. The van der Waals surface area contributed by atoms with Gasteiger partial charge >= 0.3 is 12.1 Å². The van der Waals surface area contributed by atoms with Crippen molar-refractivity contribution in [3.8, 4) is 0 Å². The average molecular weight is 448 g/mol. The highest BCUT2D eigenvalue weighted by Crippen LogP contribution is 2.45. The zero-order valence-corrected chi connectivity index (χ0v) is 17.5. The van der Waals surface area contributed by atoms with Crippen LogP contribution in [-0.2, 0) is 19.1 Å². The van der Waals surface area contributed by atoms with E-state index < -0.39 is 12.1 Å². The Labute approximate surface area is 178 Å². The summed E-state index contributed by atoms with van der Waals surface area (Å²) in [7, 11) is 3.34. The van der Waals surface area contributed by atoms with E-state index in [-0.39, 0.29) is 17.2 Å². The number of halogens is 3. The molecular weight excluding hydrogens is 421 g/mol. The van der Waals surface area contributed by atoms with Crippen LogP contribution in [0.5, 0.6) is 0 Å². The van der Waals surface area contributed by atoms with Gasteiger partial charge in [-0.1, -0.05) is 0 Å². The lowest BCUT2D eigenvalue weighted by atomic mass is 9.71. The van der Waals surface area contributed by atoms with Crippen molar-refractivity contribution in [2.45, 2.75) is 19.0 Å². The number of aromatic nitrogens is 2. The van der Waals surface area contributed by atoms with Gasteiger partial charge in [-0.25, -0.2) is 14.8 Å². The van der Waals surface area contributed by atoms with Crippen LogP contribution in [0.1, 0.15) is 12.8 Å². The molecule has 0 radical (unpaired) electrons. The topological polar surface area (TPSA) is 105 Å². The summed E-state index contributed by atoms with van der Waals surface area (Å²) in [5.74, 6) is -1.83. The molecule has 1 aromatic rings. The normalized spacial score (nSPS) is 20.5. The minimum absolute atomic E-state index is 0.00782. The summed E-state index contributed by atoms with van der Waals surface area (Å²) in [5.41, 5.74) is -0.00782. The van der Waals surface area contributed by atoms with Crippen molar-refractivity contribution in [2.24, 2.45) is 11.3 Å². The van der Waals surface area contributed by atoms with E-state index >= 15 is 0 Å². The van der Waals surface area contributed by atoms with Gasteiger partial charge in [-0.15, -0.1) is 0 Å². The van der Waals surface area contributed by atoms with Crippen LogP contribution in [0.3, 0.4) is 0 Å². The first-order valence-corrected chi connectivity index (χ1v) is 9.73. The maximum absolute atomic E-state index is 12.8. The van der Waals surface area contributed by atoms with E-state index in [1.54, 1.807) is 26.6 Å². The third kappa shape index (κ3) is 6.26. The van der Waals surface area contributed by atoms with Gasteiger partial charge in [0.1, 0.15) is 0 Å². The number of likely N-dealkylation sites (tertiary alicyclic amines) is 1. The van der Waals surface area contributed by atoms with E-state index in [9.17, 15) is 18.0 Å². The molecule has 2 fully saturated rings. The zero-order chi connectivity index (χ0) is 23.1. The van der Waals surface area contributed by atoms with Crippen LogP contribution in [0.15, 0.2) is 18.5 Å². The summed E-state index contributed by atoms with van der Waals surface area (Å²) in [6.45, 7) is 4.26. The van der Waals surface area contributed by atoms with Crippen LogP contribution in [0.4, 0.5) is 19.1 Å². The quantitative estimate of drug-likeness (QED) is 0.697. The summed E-state index contributed by atoms with van der Waals surface area (Å²) in [5, 5.41) is 7.12. The number of anilines is 1. The molecule has 1 amide bonds. The third-order valence-electron chi connectivity index (χ3n) is 5.59. The number of hydrogen-bond acceptors (Lipinski definition) is 7. The number of carbonyl (C=O) groups is 2. The van der Waals surface area contributed by atoms with Crippen LogP contribution < -0.4 is 4.90 Å². The second-order valence-electron chi connectivity index (χ2n) is 7.46. The van der Waals surface area contributed by atoms with E-state index in [4.69, 9.17) is 19.4 Å². The molecule has 2 aliphatic rings. The van der Waals surface area contributed by atoms with Crippen molar-refractivity contribution in [3.63, 3.8) is 0 Å². The standard InChI is InChI=1S/C17H26N4O3.C2HF3O2/c1-23-11-10-21-13-17(14(12-24-2)15(21)22)4-8-20(9-5-17)16-18-6-3-7-19-16;3-2(4,5)1(6)7/h3,6-7,14H,4-5,8-13H2,1-2H3;(H,6,7). The maximum atomic E-state index is 12.8. The van der Waals surface area contributed by atoms with Crippen LogP contribution in [0.2, 0.25) is 0 Å². The smallest absolute Gasteiger partial charge is 0.475 e. The molecule has 2 aliphatic heterocycles. The second-order valence-corrected chi connectivity index (χ2v) is 7.46. The predicted octanol–water partition coefficient (Wildman–Crippen LogP) is 1.45. The SMILES string of the molecule is COCCN1CC2(CCN(c3ncccn3)CC2)C(COC)C1=O.O=C(O)C(F)(F)F. The molecular formula is C19H27F3N4O5. The highest BCUT2D eigenvalue weighted by atomic mass is 19.4. The molecule has 12 heteroatoms. The first-order valence-electron chi connectivity index (χ1n) is 9.73. The number of nitrogens with zero attached hydrogens (tertiary/aromatic N) is 4. The Morgan fingerprint density at radius 1 is 1.23 bits per heavy atom. The number of hydrogen-bond donors (Lipinski definition) is 1. The van der Waals surface area contributed by atoms with Crippen molar-refractivity contribution >= 4 is 17.8 Å². The Morgan fingerprint density at radius 2 is 1.81 bits per heavy atom. The van der Waals surface area contributed by atoms with Crippen LogP contribution >= 0.6 is 0 Å². The molecule has 0 bridgehead atoms. The average Bonchev–Trinajstić information content (AvgIpc) is 2.99. The number of methoxy groups -OCH3 is 2. The molecule has 2 saturated heterocycles. The molecule has 3 heterocycles. The number of piperidine rings is 1. The number of alkyl halides is 3. The predicted molar refractivity (Wildman–Crippen MR) is 103 cm³/mol. The number of carboxylic acid groups (broad SMARTS) is 1. The van der Waals surface area contributed by atoms with Crippen molar-refractivity contribution in [1.82, 2.24) is 14.9 Å². The second kappa shape index (κ2) is 10.7. The molecule has 174 valence electrons. The van der Waals surface area contributed by atoms with Gasteiger partial charge in [0.05, 0.1) is 19.1 Å². The molecule has 1 atom stereocenters. The fraction of sp³-hybridized carbons (Fsp3) is 0.684. The Hall–Kier alpha value is -2.47. The summed E-state index contributed by atoms with van der Waals surface area (Å²) in [4.78, 5) is 34.5. The minimum Gasteiger partial charge on any atom is -0.475 e. The molecule has 1 spiro atoms. The van der Waals surface area contributed by atoms with Gasteiger partial charge in [-0.3, -0.25) is 4.79 Å². The van der Waals surface area contributed by atoms with E-state index in [1.807, 2.05) is 11.0 Å². The van der Waals surface area contributed by atoms with E-state index in [0.717, 1.165) is 38.4 Å². The number of aliphatic carboxylic acids is 1. The highest BCUT2D eigenvalue weighted by Gasteiger charge is 2.52. The van der Waals surface area contributed by atoms with E-state index in [1.165, 1.54) is 0 Å². The summed E-state index contributed by atoms with van der Waals surface area (Å²) < 4.78 is 42.3. The van der Waals surface area contributed by atoms with Gasteiger partial charge in [-0.05, 0) is 18.9 Å². The molecule has 31 heavy (non-hydrogen) atoms. The summed E-state index contributed by atoms with van der Waals surface area (Å²) in [6, 6.07) is 1.83. The van der Waals surface area contributed by atoms with Crippen molar-refractivity contribution in [3.05, 3.63) is 18.5 Å². The van der Waals surface area contributed by atoms with Crippen LogP contribution in [-0.4, -0.2) is 91.6 Å². The van der Waals surface area contributed by atoms with Gasteiger partial charge in [0.25, 0.3) is 0 Å². The van der Waals surface area contributed by atoms with Crippen molar-refractivity contribution < 1.29 is 37.3 Å². The van der Waals surface area contributed by atoms with Crippen LogP contribution in [0.25, 0.3) is 0 Å².